The number of nitrogens with two attached hydrogens (primary N) is 1. The summed E-state index contributed by atoms with van der Waals surface area (Å²) in [6.45, 7) is 5.86. The number of ether oxygens (including phenoxy) is 1. The molecule has 3 N–H and O–H groups in total. The van der Waals surface area contributed by atoms with E-state index in [2.05, 4.69) is 15.9 Å². The summed E-state index contributed by atoms with van der Waals surface area (Å²) in [6, 6.07) is 3.70. The van der Waals surface area contributed by atoms with E-state index < -0.39 is 0 Å². The minimum Gasteiger partial charge on any atom is -0.486 e. The van der Waals surface area contributed by atoms with Gasteiger partial charge in [-0.3, -0.25) is 0 Å². The molecule has 1 atom stereocenters. The monoisotopic (exact) mass is 322 g/mol. The van der Waals surface area contributed by atoms with E-state index in [9.17, 15) is 0 Å². The second-order valence-electron chi connectivity index (χ2n) is 4.04. The molecular weight excluding hydrogens is 305 g/mol. The third-order valence-corrected chi connectivity index (χ3v) is 3.08. The van der Waals surface area contributed by atoms with Gasteiger partial charge in [0.05, 0.1) is 10.6 Å². The van der Waals surface area contributed by atoms with Gasteiger partial charge in [0.25, 0.3) is 0 Å². The number of rotatable bonds is 6. The molecule has 0 radical (unpaired) electrons. The Balaban J connectivity index is 2.42. The van der Waals surface area contributed by atoms with Crippen molar-refractivity contribution in [1.29, 1.82) is 0 Å². The second-order valence-corrected chi connectivity index (χ2v) is 5.33. The second kappa shape index (κ2) is 7.21. The van der Waals surface area contributed by atoms with E-state index in [0.29, 0.717) is 18.2 Å². The van der Waals surface area contributed by atoms with E-state index in [1.165, 1.54) is 0 Å². The van der Waals surface area contributed by atoms with Gasteiger partial charge < -0.3 is 15.2 Å². The molecule has 0 fully saturated rings. The van der Waals surface area contributed by atoms with Gasteiger partial charge in [0.1, 0.15) is 25.4 Å². The van der Waals surface area contributed by atoms with Crippen LogP contribution in [-0.4, -0.2) is 30.9 Å². The third-order valence-electron chi connectivity index (χ3n) is 2.27. The van der Waals surface area contributed by atoms with Gasteiger partial charge in [0.15, 0.2) is 0 Å². The zero-order valence-electron chi connectivity index (χ0n) is 10.0. The first-order valence-electron chi connectivity index (χ1n) is 5.59. The van der Waals surface area contributed by atoms with Crippen molar-refractivity contribution in [3.63, 3.8) is 0 Å². The maximum absolute atomic E-state index is 9.09. The Kier molecular flexibility index (Phi) is 6.27. The van der Waals surface area contributed by atoms with Crippen LogP contribution >= 0.6 is 27.5 Å². The van der Waals surface area contributed by atoms with Gasteiger partial charge in [0.2, 0.25) is 0 Å². The Hall–Kier alpha value is -0.290. The molecule has 17 heavy (non-hydrogen) atoms. The lowest BCUT2D eigenvalue weighted by Gasteiger charge is -2.11. The summed E-state index contributed by atoms with van der Waals surface area (Å²) in [4.78, 5) is 0. The minimum absolute atomic E-state index is 0.279. The van der Waals surface area contributed by atoms with Crippen LogP contribution in [0.15, 0.2) is 16.6 Å². The first-order valence-corrected chi connectivity index (χ1v) is 6.76. The number of aliphatic hydroxyl groups excluding tert-OH is 1. The number of hydrogen-bond donors (Lipinski definition) is 2. The van der Waals surface area contributed by atoms with Crippen LogP contribution in [0.2, 0.25) is 5.02 Å². The molecule has 1 aromatic carbocycles. The fourth-order valence-corrected chi connectivity index (χ4v) is 2.55. The Morgan fingerprint density at radius 1 is 1.53 bits per heavy atom. The van der Waals surface area contributed by atoms with Crippen molar-refractivity contribution in [2.45, 2.75) is 20.0 Å². The molecule has 1 aromatic rings. The summed E-state index contributed by atoms with van der Waals surface area (Å²) < 4.78 is 6.56. The number of halogens is 2. The number of aliphatic hydroxyl groups is 1. The lowest BCUT2D eigenvalue weighted by molar-refractivity contribution is -0.661. The zero-order chi connectivity index (χ0) is 12.8. The number of aryl methyl sites for hydroxylation is 1. The van der Waals surface area contributed by atoms with Crippen LogP contribution < -0.4 is 10.1 Å². The van der Waals surface area contributed by atoms with Crippen LogP contribution in [0.5, 0.6) is 5.75 Å². The van der Waals surface area contributed by atoms with Crippen molar-refractivity contribution in [1.82, 2.24) is 0 Å². The zero-order valence-corrected chi connectivity index (χ0v) is 12.4. The van der Waals surface area contributed by atoms with Crippen molar-refractivity contribution in [2.24, 2.45) is 0 Å². The molecule has 0 heterocycles. The SMILES string of the molecule is Cc1cc(Cl)cc(Br)c1OCC[NH2+]C[C@@H](C)O. The van der Waals surface area contributed by atoms with E-state index >= 15 is 0 Å². The summed E-state index contributed by atoms with van der Waals surface area (Å²) >= 11 is 9.35. The highest BCUT2D eigenvalue weighted by molar-refractivity contribution is 9.10. The molecule has 0 aliphatic rings. The van der Waals surface area contributed by atoms with Gasteiger partial charge in [-0.1, -0.05) is 11.6 Å². The van der Waals surface area contributed by atoms with Crippen LogP contribution in [-0.2, 0) is 0 Å². The Bertz CT molecular complexity index is 349. The summed E-state index contributed by atoms with van der Waals surface area (Å²) in [5.74, 6) is 0.833. The van der Waals surface area contributed by atoms with Crippen molar-refractivity contribution in [3.8, 4) is 5.75 Å². The lowest BCUT2D eigenvalue weighted by Crippen LogP contribution is -2.87. The molecule has 96 valence electrons. The fourth-order valence-electron chi connectivity index (χ4n) is 1.48. The molecule has 0 unspecified atom stereocenters. The molecule has 0 amide bonds. The molecule has 1 rings (SSSR count). The average Bonchev–Trinajstić information content (AvgIpc) is 2.20. The molecule has 0 aromatic heterocycles. The van der Waals surface area contributed by atoms with Crippen LogP contribution in [0.4, 0.5) is 0 Å². The van der Waals surface area contributed by atoms with E-state index in [1.54, 1.807) is 6.92 Å². The minimum atomic E-state index is -0.279. The number of quaternary nitrogens is 1. The molecule has 3 nitrogen and oxygen atoms in total. The maximum atomic E-state index is 9.09. The Labute approximate surface area is 115 Å². The fraction of sp³-hybridized carbons (Fsp3) is 0.500. The van der Waals surface area contributed by atoms with Crippen molar-refractivity contribution < 1.29 is 15.2 Å². The van der Waals surface area contributed by atoms with Crippen molar-refractivity contribution in [3.05, 3.63) is 27.2 Å². The quantitative estimate of drug-likeness (QED) is 0.783. The van der Waals surface area contributed by atoms with Gasteiger partial charge in [-0.05, 0) is 47.5 Å². The summed E-state index contributed by atoms with van der Waals surface area (Å²) in [6.07, 6.45) is -0.279. The van der Waals surface area contributed by atoms with Gasteiger partial charge >= 0.3 is 0 Å². The predicted octanol–water partition coefficient (Wildman–Crippen LogP) is 1.73. The van der Waals surface area contributed by atoms with Gasteiger partial charge in [-0.15, -0.1) is 0 Å². The highest BCUT2D eigenvalue weighted by Crippen LogP contribution is 2.31. The van der Waals surface area contributed by atoms with Crippen LogP contribution in [0, 0.1) is 6.92 Å². The number of hydrogen-bond acceptors (Lipinski definition) is 2. The standard InChI is InChI=1S/C12H17BrClNO2/c1-8-5-10(14)6-11(13)12(8)17-4-3-15-7-9(2)16/h5-6,9,15-16H,3-4,7H2,1-2H3/p+1/t9-/m1/s1. The Morgan fingerprint density at radius 3 is 2.82 bits per heavy atom. The molecule has 0 spiro atoms. The first kappa shape index (κ1) is 14.8. The topological polar surface area (TPSA) is 46.1 Å². The number of benzene rings is 1. The molecule has 5 heteroatoms. The van der Waals surface area contributed by atoms with Crippen molar-refractivity contribution >= 4 is 27.5 Å². The summed E-state index contributed by atoms with van der Waals surface area (Å²) in [5, 5.41) is 11.8. The highest BCUT2D eigenvalue weighted by Gasteiger charge is 2.07. The third kappa shape index (κ3) is 5.25. The molecule has 0 aliphatic carbocycles. The van der Waals surface area contributed by atoms with E-state index in [1.807, 2.05) is 24.4 Å². The normalized spacial score (nSPS) is 12.5. The largest absolute Gasteiger partial charge is 0.486 e. The van der Waals surface area contributed by atoms with Gasteiger partial charge in [-0.2, -0.15) is 0 Å². The van der Waals surface area contributed by atoms with Crippen LogP contribution in [0.3, 0.4) is 0 Å². The van der Waals surface area contributed by atoms with Crippen LogP contribution in [0.1, 0.15) is 12.5 Å². The predicted molar refractivity (Wildman–Crippen MR) is 72.7 cm³/mol. The summed E-state index contributed by atoms with van der Waals surface area (Å²) in [5.41, 5.74) is 1.01. The smallest absolute Gasteiger partial charge is 0.137 e. The average molecular weight is 324 g/mol. The van der Waals surface area contributed by atoms with E-state index in [4.69, 9.17) is 21.4 Å². The lowest BCUT2D eigenvalue weighted by atomic mass is 10.2. The first-order chi connectivity index (χ1) is 8.00. The molecule has 0 bridgehead atoms. The van der Waals surface area contributed by atoms with Gasteiger partial charge in [-0.25, -0.2) is 0 Å². The summed E-state index contributed by atoms with van der Waals surface area (Å²) in [7, 11) is 0. The van der Waals surface area contributed by atoms with E-state index in [-0.39, 0.29) is 6.10 Å². The Morgan fingerprint density at radius 2 is 2.24 bits per heavy atom. The molecule has 0 saturated carbocycles. The van der Waals surface area contributed by atoms with Gasteiger partial charge in [0, 0.05) is 5.02 Å². The molecular formula is C12H18BrClNO2+. The molecule has 0 aliphatic heterocycles. The molecule has 0 saturated heterocycles. The maximum Gasteiger partial charge on any atom is 0.137 e. The van der Waals surface area contributed by atoms with E-state index in [0.717, 1.165) is 22.3 Å². The highest BCUT2D eigenvalue weighted by atomic mass is 79.9. The van der Waals surface area contributed by atoms with Crippen molar-refractivity contribution in [2.75, 3.05) is 19.7 Å². The van der Waals surface area contributed by atoms with Crippen LogP contribution in [0.25, 0.3) is 0 Å².